The molecule has 1 aliphatic rings. The Morgan fingerprint density at radius 1 is 1.00 bits per heavy atom. The zero-order valence-electron chi connectivity index (χ0n) is 9.68. The molecule has 0 atom stereocenters. The standard InChI is InChI=1S/C15H19N/c1-3-8-14(9-4-1)10-7-13-16-15-11-5-2-6-12-15/h1,3-4,7-10,13,15H,2,5-6,11-12H2/b10-7+,16-13-. The lowest BCUT2D eigenvalue weighted by atomic mass is 9.96. The number of nitrogens with zero attached hydrogens (tertiary/aromatic N) is 1. The molecule has 1 saturated carbocycles. The van der Waals surface area contributed by atoms with Gasteiger partial charge in [-0.2, -0.15) is 0 Å². The van der Waals surface area contributed by atoms with E-state index in [1.54, 1.807) is 0 Å². The molecule has 1 heteroatoms. The topological polar surface area (TPSA) is 12.4 Å². The highest BCUT2D eigenvalue weighted by Gasteiger charge is 2.09. The van der Waals surface area contributed by atoms with Gasteiger partial charge in [0.05, 0.1) is 0 Å². The predicted octanol–water partition coefficient (Wildman–Crippen LogP) is 4.10. The molecule has 0 saturated heterocycles. The van der Waals surface area contributed by atoms with Gasteiger partial charge in [-0.1, -0.05) is 55.7 Å². The summed E-state index contributed by atoms with van der Waals surface area (Å²) in [6, 6.07) is 10.9. The minimum absolute atomic E-state index is 0.578. The quantitative estimate of drug-likeness (QED) is 0.670. The third-order valence-electron chi connectivity index (χ3n) is 3.05. The van der Waals surface area contributed by atoms with Crippen molar-refractivity contribution in [3.05, 3.63) is 42.0 Å². The van der Waals surface area contributed by atoms with Crippen LogP contribution in [0.3, 0.4) is 0 Å². The van der Waals surface area contributed by atoms with Crippen molar-refractivity contribution >= 4 is 12.3 Å². The molecular weight excluding hydrogens is 194 g/mol. The molecule has 0 N–H and O–H groups in total. The van der Waals surface area contributed by atoms with Crippen molar-refractivity contribution in [1.82, 2.24) is 0 Å². The monoisotopic (exact) mass is 213 g/mol. The zero-order chi connectivity index (χ0) is 11.1. The lowest BCUT2D eigenvalue weighted by Crippen LogP contribution is -2.09. The van der Waals surface area contributed by atoms with Crippen molar-refractivity contribution in [3.8, 4) is 0 Å². The molecule has 2 rings (SSSR count). The molecule has 0 spiro atoms. The number of benzene rings is 1. The summed E-state index contributed by atoms with van der Waals surface area (Å²) in [6.45, 7) is 0. The van der Waals surface area contributed by atoms with E-state index in [1.165, 1.54) is 37.7 Å². The van der Waals surface area contributed by atoms with Crippen molar-refractivity contribution in [1.29, 1.82) is 0 Å². The third-order valence-corrected chi connectivity index (χ3v) is 3.05. The molecule has 84 valence electrons. The molecule has 1 aromatic carbocycles. The highest BCUT2D eigenvalue weighted by Crippen LogP contribution is 2.19. The van der Waals surface area contributed by atoms with Gasteiger partial charge in [0.1, 0.15) is 0 Å². The summed E-state index contributed by atoms with van der Waals surface area (Å²) in [6.07, 6.45) is 12.8. The SMILES string of the molecule is C(/C=C/c1ccccc1)=N/C1CCCCC1. The Morgan fingerprint density at radius 3 is 2.50 bits per heavy atom. The van der Waals surface area contributed by atoms with Gasteiger partial charge < -0.3 is 0 Å². The lowest BCUT2D eigenvalue weighted by Gasteiger charge is -2.16. The Balaban J connectivity index is 1.82. The van der Waals surface area contributed by atoms with Crippen molar-refractivity contribution in [2.24, 2.45) is 4.99 Å². The average molecular weight is 213 g/mol. The van der Waals surface area contributed by atoms with Gasteiger partial charge in [0.15, 0.2) is 0 Å². The van der Waals surface area contributed by atoms with E-state index in [0.29, 0.717) is 6.04 Å². The first-order valence-electron chi connectivity index (χ1n) is 6.20. The molecule has 0 heterocycles. The van der Waals surface area contributed by atoms with Gasteiger partial charge in [-0.05, 0) is 24.5 Å². The highest BCUT2D eigenvalue weighted by molar-refractivity contribution is 5.78. The molecule has 1 aliphatic carbocycles. The van der Waals surface area contributed by atoms with Crippen LogP contribution in [-0.2, 0) is 0 Å². The van der Waals surface area contributed by atoms with Crippen molar-refractivity contribution in [2.75, 3.05) is 0 Å². The lowest BCUT2D eigenvalue weighted by molar-refractivity contribution is 0.444. The third kappa shape index (κ3) is 3.65. The fourth-order valence-electron chi connectivity index (χ4n) is 2.12. The summed E-state index contributed by atoms with van der Waals surface area (Å²) in [4.78, 5) is 4.59. The van der Waals surface area contributed by atoms with E-state index in [9.17, 15) is 0 Å². The van der Waals surface area contributed by atoms with Gasteiger partial charge >= 0.3 is 0 Å². The van der Waals surface area contributed by atoms with Crippen LogP contribution in [0.1, 0.15) is 37.7 Å². The fraction of sp³-hybridized carbons (Fsp3) is 0.400. The smallest absolute Gasteiger partial charge is 0.0499 e. The van der Waals surface area contributed by atoms with Crippen LogP contribution < -0.4 is 0 Å². The molecule has 1 nitrogen and oxygen atoms in total. The van der Waals surface area contributed by atoms with E-state index in [4.69, 9.17) is 0 Å². The Morgan fingerprint density at radius 2 is 1.75 bits per heavy atom. The first-order chi connectivity index (χ1) is 7.95. The molecule has 0 unspecified atom stereocenters. The molecule has 1 fully saturated rings. The largest absolute Gasteiger partial charge is 0.290 e. The van der Waals surface area contributed by atoms with E-state index in [1.807, 2.05) is 18.4 Å². The summed E-state index contributed by atoms with van der Waals surface area (Å²) in [5, 5.41) is 0. The minimum Gasteiger partial charge on any atom is -0.290 e. The summed E-state index contributed by atoms with van der Waals surface area (Å²) < 4.78 is 0. The Bertz CT molecular complexity index is 345. The molecule has 0 amide bonds. The van der Waals surface area contributed by atoms with Crippen LogP contribution in [0.15, 0.2) is 41.4 Å². The van der Waals surface area contributed by atoms with Gasteiger partial charge in [-0.3, -0.25) is 4.99 Å². The molecule has 0 aliphatic heterocycles. The number of allylic oxidation sites excluding steroid dienone is 1. The van der Waals surface area contributed by atoms with Crippen molar-refractivity contribution in [3.63, 3.8) is 0 Å². The van der Waals surface area contributed by atoms with Crippen LogP contribution in [0, 0.1) is 0 Å². The van der Waals surface area contributed by atoms with Gasteiger partial charge in [-0.25, -0.2) is 0 Å². The number of hydrogen-bond acceptors (Lipinski definition) is 1. The van der Waals surface area contributed by atoms with E-state index < -0.39 is 0 Å². The molecule has 0 aromatic heterocycles. The molecular formula is C15H19N. The van der Waals surface area contributed by atoms with Crippen molar-refractivity contribution in [2.45, 2.75) is 38.1 Å². The normalized spacial score (nSPS) is 18.5. The first kappa shape index (κ1) is 11.1. The van der Waals surface area contributed by atoms with E-state index in [2.05, 4.69) is 35.3 Å². The van der Waals surface area contributed by atoms with Crippen LogP contribution in [0.2, 0.25) is 0 Å². The summed E-state index contributed by atoms with van der Waals surface area (Å²) in [7, 11) is 0. The van der Waals surface area contributed by atoms with Gasteiger partial charge in [0.25, 0.3) is 0 Å². The minimum atomic E-state index is 0.578. The Labute approximate surface area is 97.9 Å². The van der Waals surface area contributed by atoms with Gasteiger partial charge in [0.2, 0.25) is 0 Å². The van der Waals surface area contributed by atoms with Crippen LogP contribution in [0.25, 0.3) is 6.08 Å². The molecule has 16 heavy (non-hydrogen) atoms. The second-order valence-corrected chi connectivity index (χ2v) is 4.36. The summed E-state index contributed by atoms with van der Waals surface area (Å²) in [5.74, 6) is 0. The Hall–Kier alpha value is -1.37. The molecule has 1 aromatic rings. The van der Waals surface area contributed by atoms with E-state index in [0.717, 1.165) is 0 Å². The highest BCUT2D eigenvalue weighted by atomic mass is 14.8. The van der Waals surface area contributed by atoms with Crippen LogP contribution in [0.4, 0.5) is 0 Å². The fourth-order valence-corrected chi connectivity index (χ4v) is 2.12. The second kappa shape index (κ2) is 6.26. The van der Waals surface area contributed by atoms with Crippen molar-refractivity contribution < 1.29 is 0 Å². The summed E-state index contributed by atoms with van der Waals surface area (Å²) in [5.41, 5.74) is 1.23. The van der Waals surface area contributed by atoms with Gasteiger partial charge in [-0.15, -0.1) is 0 Å². The molecule has 0 bridgehead atoms. The summed E-state index contributed by atoms with van der Waals surface area (Å²) >= 11 is 0. The van der Waals surface area contributed by atoms with Crippen LogP contribution in [0.5, 0.6) is 0 Å². The van der Waals surface area contributed by atoms with E-state index in [-0.39, 0.29) is 0 Å². The van der Waals surface area contributed by atoms with Crippen LogP contribution in [-0.4, -0.2) is 12.3 Å². The maximum atomic E-state index is 4.59. The van der Waals surface area contributed by atoms with Gasteiger partial charge in [0, 0.05) is 12.3 Å². The van der Waals surface area contributed by atoms with Crippen LogP contribution >= 0.6 is 0 Å². The van der Waals surface area contributed by atoms with E-state index >= 15 is 0 Å². The first-order valence-corrected chi connectivity index (χ1v) is 6.20. The number of aliphatic imine (C=N–C) groups is 1. The zero-order valence-corrected chi connectivity index (χ0v) is 9.68. The predicted molar refractivity (Wildman–Crippen MR) is 70.8 cm³/mol. The Kier molecular flexibility index (Phi) is 4.36. The maximum absolute atomic E-state index is 4.59. The number of hydrogen-bond donors (Lipinski definition) is 0. The average Bonchev–Trinajstić information content (AvgIpc) is 2.37. The second-order valence-electron chi connectivity index (χ2n) is 4.36. The maximum Gasteiger partial charge on any atom is 0.0499 e. The molecule has 0 radical (unpaired) electrons. The number of rotatable bonds is 3.